The minimum Gasteiger partial charge on any atom is -0.488 e. The molecule has 0 atom stereocenters. The number of hydrogen-bond acceptors (Lipinski definition) is 3. The molecule has 1 N–H and O–H groups in total. The molecule has 18 heavy (non-hydrogen) atoms. The normalized spacial score (nSPS) is 10.4. The van der Waals surface area contributed by atoms with Crippen molar-refractivity contribution < 1.29 is 9.84 Å². The van der Waals surface area contributed by atoms with Gasteiger partial charge in [0.15, 0.2) is 0 Å². The van der Waals surface area contributed by atoms with E-state index in [0.29, 0.717) is 17.4 Å². The molecule has 3 nitrogen and oxygen atoms in total. The fourth-order valence-electron chi connectivity index (χ4n) is 1.72. The molecular formula is C14H14ClNO2. The van der Waals surface area contributed by atoms with Crippen LogP contribution in [0.4, 0.5) is 0 Å². The first-order chi connectivity index (χ1) is 8.72. The first-order valence-corrected chi connectivity index (χ1v) is 6.00. The first-order valence-electron chi connectivity index (χ1n) is 5.63. The summed E-state index contributed by atoms with van der Waals surface area (Å²) in [5.41, 5.74) is 2.64. The molecule has 0 fully saturated rings. The molecule has 1 aromatic heterocycles. The van der Waals surface area contributed by atoms with E-state index in [2.05, 4.69) is 4.98 Å². The van der Waals surface area contributed by atoms with E-state index >= 15 is 0 Å². The van der Waals surface area contributed by atoms with Gasteiger partial charge in [0.05, 0.1) is 11.6 Å². The molecule has 0 bridgehead atoms. The Bertz CT molecular complexity index is 543. The summed E-state index contributed by atoms with van der Waals surface area (Å²) in [4.78, 5) is 3.92. The second-order valence-corrected chi connectivity index (χ2v) is 4.38. The Balaban J connectivity index is 2.18. The van der Waals surface area contributed by atoms with Gasteiger partial charge in [0.1, 0.15) is 12.4 Å². The van der Waals surface area contributed by atoms with Gasteiger partial charge >= 0.3 is 0 Å². The number of rotatable bonds is 4. The van der Waals surface area contributed by atoms with E-state index in [0.717, 1.165) is 16.7 Å². The van der Waals surface area contributed by atoms with E-state index < -0.39 is 0 Å². The van der Waals surface area contributed by atoms with Crippen molar-refractivity contribution in [2.24, 2.45) is 0 Å². The van der Waals surface area contributed by atoms with Crippen LogP contribution in [0.1, 0.15) is 16.7 Å². The summed E-state index contributed by atoms with van der Waals surface area (Å²) >= 11 is 6.01. The lowest BCUT2D eigenvalue weighted by Crippen LogP contribution is -2.01. The molecule has 1 heterocycles. The molecule has 4 heteroatoms. The monoisotopic (exact) mass is 263 g/mol. The van der Waals surface area contributed by atoms with Gasteiger partial charge in [-0.25, -0.2) is 0 Å². The van der Waals surface area contributed by atoms with Gasteiger partial charge in [-0.15, -0.1) is 0 Å². The Kier molecular flexibility index (Phi) is 4.18. The lowest BCUT2D eigenvalue weighted by molar-refractivity contribution is 0.258. The van der Waals surface area contributed by atoms with Gasteiger partial charge < -0.3 is 9.84 Å². The van der Waals surface area contributed by atoms with Crippen molar-refractivity contribution in [2.75, 3.05) is 0 Å². The third-order valence-corrected chi connectivity index (χ3v) is 3.03. The largest absolute Gasteiger partial charge is 0.488 e. The summed E-state index contributed by atoms with van der Waals surface area (Å²) in [5, 5.41) is 9.86. The Labute approximate surface area is 111 Å². The standard InChI is InChI=1S/C14H14ClNO2/c1-10-3-2-4-11(8-17)14(10)18-9-12-5-6-16-7-13(12)15/h2-7,17H,8-9H2,1H3. The molecule has 0 unspecified atom stereocenters. The Morgan fingerprint density at radius 3 is 2.83 bits per heavy atom. The highest BCUT2D eigenvalue weighted by atomic mass is 35.5. The summed E-state index contributed by atoms with van der Waals surface area (Å²) in [5.74, 6) is 0.716. The molecule has 0 aliphatic heterocycles. The number of ether oxygens (including phenoxy) is 1. The van der Waals surface area contributed by atoms with Gasteiger partial charge in [-0.2, -0.15) is 0 Å². The topological polar surface area (TPSA) is 42.4 Å². The van der Waals surface area contributed by atoms with Crippen molar-refractivity contribution in [2.45, 2.75) is 20.1 Å². The number of aryl methyl sites for hydroxylation is 1. The highest BCUT2D eigenvalue weighted by molar-refractivity contribution is 6.31. The van der Waals surface area contributed by atoms with Gasteiger partial charge in [0.25, 0.3) is 0 Å². The summed E-state index contributed by atoms with van der Waals surface area (Å²) < 4.78 is 5.75. The third kappa shape index (κ3) is 2.81. The zero-order chi connectivity index (χ0) is 13.0. The number of aliphatic hydroxyl groups is 1. The van der Waals surface area contributed by atoms with Crippen molar-refractivity contribution >= 4 is 11.6 Å². The van der Waals surface area contributed by atoms with Crippen LogP contribution in [0, 0.1) is 6.92 Å². The van der Waals surface area contributed by atoms with Crippen LogP contribution in [0.2, 0.25) is 5.02 Å². The number of para-hydroxylation sites is 1. The maximum absolute atomic E-state index is 9.28. The van der Waals surface area contributed by atoms with Crippen LogP contribution < -0.4 is 4.74 Å². The predicted molar refractivity (Wildman–Crippen MR) is 70.7 cm³/mol. The van der Waals surface area contributed by atoms with Gasteiger partial charge in [-0.05, 0) is 18.6 Å². The number of aliphatic hydroxyl groups excluding tert-OH is 1. The highest BCUT2D eigenvalue weighted by Crippen LogP contribution is 2.25. The first kappa shape index (κ1) is 12.9. The Hall–Kier alpha value is -1.58. The SMILES string of the molecule is Cc1cccc(CO)c1OCc1ccncc1Cl. The average molecular weight is 264 g/mol. The quantitative estimate of drug-likeness (QED) is 0.922. The van der Waals surface area contributed by atoms with Crippen LogP contribution in [-0.2, 0) is 13.2 Å². The molecule has 0 amide bonds. The molecule has 0 aliphatic rings. The summed E-state index contributed by atoms with van der Waals surface area (Å²) in [6.07, 6.45) is 3.26. The number of halogens is 1. The number of aromatic nitrogens is 1. The van der Waals surface area contributed by atoms with E-state index in [-0.39, 0.29) is 6.61 Å². The maximum atomic E-state index is 9.28. The van der Waals surface area contributed by atoms with Crippen molar-refractivity contribution in [1.29, 1.82) is 0 Å². The predicted octanol–water partition coefficient (Wildman–Crippen LogP) is 3.11. The number of hydrogen-bond donors (Lipinski definition) is 1. The van der Waals surface area contributed by atoms with Crippen molar-refractivity contribution in [3.63, 3.8) is 0 Å². The summed E-state index contributed by atoms with van der Waals surface area (Å²) in [6.45, 7) is 2.27. The highest BCUT2D eigenvalue weighted by Gasteiger charge is 2.07. The number of benzene rings is 1. The zero-order valence-corrected chi connectivity index (χ0v) is 10.8. The van der Waals surface area contributed by atoms with Crippen molar-refractivity contribution in [3.8, 4) is 5.75 Å². The molecule has 2 aromatic rings. The maximum Gasteiger partial charge on any atom is 0.128 e. The molecule has 1 aromatic carbocycles. The van der Waals surface area contributed by atoms with Crippen LogP contribution in [0.3, 0.4) is 0 Å². The van der Waals surface area contributed by atoms with E-state index in [1.807, 2.05) is 31.2 Å². The smallest absolute Gasteiger partial charge is 0.128 e. The number of pyridine rings is 1. The molecule has 0 radical (unpaired) electrons. The molecule has 0 saturated heterocycles. The fourth-order valence-corrected chi connectivity index (χ4v) is 1.89. The molecule has 94 valence electrons. The van der Waals surface area contributed by atoms with Gasteiger partial charge in [-0.1, -0.05) is 29.8 Å². The molecular weight excluding hydrogens is 250 g/mol. The van der Waals surface area contributed by atoms with Gasteiger partial charge in [0, 0.05) is 23.5 Å². The van der Waals surface area contributed by atoms with Crippen LogP contribution in [0.25, 0.3) is 0 Å². The van der Waals surface area contributed by atoms with E-state index in [9.17, 15) is 5.11 Å². The van der Waals surface area contributed by atoms with E-state index in [1.165, 1.54) is 0 Å². The van der Waals surface area contributed by atoms with Crippen LogP contribution in [0.5, 0.6) is 5.75 Å². The minimum absolute atomic E-state index is 0.0406. The van der Waals surface area contributed by atoms with Crippen LogP contribution in [-0.4, -0.2) is 10.1 Å². The zero-order valence-electron chi connectivity index (χ0n) is 10.1. The Morgan fingerprint density at radius 1 is 1.28 bits per heavy atom. The van der Waals surface area contributed by atoms with E-state index in [1.54, 1.807) is 12.4 Å². The summed E-state index contributed by atoms with van der Waals surface area (Å²) in [6, 6.07) is 7.51. The Morgan fingerprint density at radius 2 is 2.11 bits per heavy atom. The van der Waals surface area contributed by atoms with Crippen molar-refractivity contribution in [3.05, 3.63) is 58.4 Å². The minimum atomic E-state index is -0.0406. The second-order valence-electron chi connectivity index (χ2n) is 3.98. The molecule has 2 rings (SSSR count). The third-order valence-electron chi connectivity index (χ3n) is 2.69. The fraction of sp³-hybridized carbons (Fsp3) is 0.214. The molecule has 0 saturated carbocycles. The second kappa shape index (κ2) is 5.85. The van der Waals surface area contributed by atoms with Gasteiger partial charge in [0.2, 0.25) is 0 Å². The molecule has 0 aliphatic carbocycles. The van der Waals surface area contributed by atoms with E-state index in [4.69, 9.17) is 16.3 Å². The summed E-state index contributed by atoms with van der Waals surface area (Å²) in [7, 11) is 0. The average Bonchev–Trinajstić information content (AvgIpc) is 2.39. The lowest BCUT2D eigenvalue weighted by atomic mass is 10.1. The van der Waals surface area contributed by atoms with Crippen molar-refractivity contribution in [1.82, 2.24) is 4.98 Å². The lowest BCUT2D eigenvalue weighted by Gasteiger charge is -2.13. The van der Waals surface area contributed by atoms with Crippen LogP contribution >= 0.6 is 11.6 Å². The number of nitrogens with zero attached hydrogens (tertiary/aromatic N) is 1. The molecule has 0 spiro atoms. The van der Waals surface area contributed by atoms with Crippen LogP contribution in [0.15, 0.2) is 36.7 Å². The van der Waals surface area contributed by atoms with Gasteiger partial charge in [-0.3, -0.25) is 4.98 Å².